The molecule has 2 aromatic heterocycles. The first kappa shape index (κ1) is 13.8. The lowest BCUT2D eigenvalue weighted by Crippen LogP contribution is -2.12. The molecule has 0 aliphatic heterocycles. The number of nitrogen functional groups attached to an aromatic ring is 1. The Kier molecular flexibility index (Phi) is 4.70. The zero-order valence-electron chi connectivity index (χ0n) is 11.1. The highest BCUT2D eigenvalue weighted by molar-refractivity contribution is 7.10. The molecule has 1 atom stereocenters. The average molecular weight is 278 g/mol. The highest BCUT2D eigenvalue weighted by Crippen LogP contribution is 2.25. The van der Waals surface area contributed by atoms with Gasteiger partial charge >= 0.3 is 0 Å². The molecule has 2 aromatic rings. The molecule has 1 unspecified atom stereocenters. The van der Waals surface area contributed by atoms with Crippen LogP contribution in [0.4, 0.5) is 11.6 Å². The summed E-state index contributed by atoms with van der Waals surface area (Å²) in [6.45, 7) is 2.49. The molecular formula is C13H18N4OS. The Morgan fingerprint density at radius 3 is 2.95 bits per heavy atom. The highest BCUT2D eigenvalue weighted by Gasteiger charge is 2.12. The van der Waals surface area contributed by atoms with Crippen LogP contribution in [0.3, 0.4) is 0 Å². The summed E-state index contributed by atoms with van der Waals surface area (Å²) >= 11 is 1.73. The molecule has 0 bridgehead atoms. The van der Waals surface area contributed by atoms with Crippen LogP contribution in [0.5, 0.6) is 0 Å². The lowest BCUT2D eigenvalue weighted by Gasteiger charge is -2.16. The molecule has 19 heavy (non-hydrogen) atoms. The molecule has 102 valence electrons. The van der Waals surface area contributed by atoms with Crippen molar-refractivity contribution in [2.75, 3.05) is 18.2 Å². The zero-order chi connectivity index (χ0) is 13.7. The molecule has 0 aliphatic rings. The van der Waals surface area contributed by atoms with Crippen LogP contribution >= 0.6 is 11.3 Å². The fraction of sp³-hybridized carbons (Fsp3) is 0.385. The molecule has 0 aliphatic carbocycles. The Labute approximate surface area is 116 Å². The van der Waals surface area contributed by atoms with Gasteiger partial charge in [-0.1, -0.05) is 13.0 Å². The standard InChI is InChI=1S/C13H18N4OS/c1-3-9(10-5-4-6-19-10)15-12-7-11(14)16-13(17-12)8-18-2/h4-7,9H,3,8H2,1-2H3,(H3,14,15,16,17). The van der Waals surface area contributed by atoms with Crippen LogP contribution < -0.4 is 11.1 Å². The number of hydrogen-bond donors (Lipinski definition) is 2. The lowest BCUT2D eigenvalue weighted by molar-refractivity contribution is 0.178. The van der Waals surface area contributed by atoms with Crippen molar-refractivity contribution >= 4 is 23.0 Å². The van der Waals surface area contributed by atoms with Gasteiger partial charge in [0.2, 0.25) is 0 Å². The molecule has 0 amide bonds. The highest BCUT2D eigenvalue weighted by atomic mass is 32.1. The summed E-state index contributed by atoms with van der Waals surface area (Å²) in [4.78, 5) is 9.81. The van der Waals surface area contributed by atoms with Crippen LogP contribution in [-0.4, -0.2) is 17.1 Å². The van der Waals surface area contributed by atoms with Gasteiger partial charge < -0.3 is 15.8 Å². The number of ether oxygens (including phenoxy) is 1. The second-order valence-corrected chi connectivity index (χ2v) is 5.13. The SMILES string of the molecule is CCC(Nc1cc(N)nc(COC)n1)c1cccs1. The molecule has 5 nitrogen and oxygen atoms in total. The Bertz CT molecular complexity index is 515. The van der Waals surface area contributed by atoms with Gasteiger partial charge in [-0.25, -0.2) is 9.97 Å². The van der Waals surface area contributed by atoms with Gasteiger partial charge in [0, 0.05) is 18.1 Å². The Morgan fingerprint density at radius 2 is 2.32 bits per heavy atom. The minimum absolute atomic E-state index is 0.240. The molecule has 2 rings (SSSR count). The average Bonchev–Trinajstić information content (AvgIpc) is 2.89. The first-order valence-corrected chi connectivity index (χ1v) is 7.03. The first-order chi connectivity index (χ1) is 9.22. The number of thiophene rings is 1. The third-order valence-electron chi connectivity index (χ3n) is 2.68. The predicted molar refractivity (Wildman–Crippen MR) is 78.1 cm³/mol. The van der Waals surface area contributed by atoms with Crippen molar-refractivity contribution in [2.45, 2.75) is 26.0 Å². The van der Waals surface area contributed by atoms with Crippen LogP contribution in [0.25, 0.3) is 0 Å². The molecular weight excluding hydrogens is 260 g/mol. The van der Waals surface area contributed by atoms with Gasteiger partial charge in [0.1, 0.15) is 18.2 Å². The van der Waals surface area contributed by atoms with Crippen molar-refractivity contribution < 1.29 is 4.74 Å². The maximum atomic E-state index is 5.78. The van der Waals surface area contributed by atoms with Gasteiger partial charge in [-0.3, -0.25) is 0 Å². The number of anilines is 2. The molecule has 6 heteroatoms. The Balaban J connectivity index is 2.17. The summed E-state index contributed by atoms with van der Waals surface area (Å²) in [6.07, 6.45) is 0.976. The van der Waals surface area contributed by atoms with Crippen molar-refractivity contribution in [3.8, 4) is 0 Å². The van der Waals surface area contributed by atoms with Crippen LogP contribution in [0.2, 0.25) is 0 Å². The van der Waals surface area contributed by atoms with E-state index in [4.69, 9.17) is 10.5 Å². The monoisotopic (exact) mass is 278 g/mol. The molecule has 2 heterocycles. The van der Waals surface area contributed by atoms with Crippen LogP contribution in [0.15, 0.2) is 23.6 Å². The van der Waals surface area contributed by atoms with E-state index in [0.717, 1.165) is 12.2 Å². The fourth-order valence-corrected chi connectivity index (χ4v) is 2.69. The smallest absolute Gasteiger partial charge is 0.158 e. The number of nitrogens with two attached hydrogens (primary N) is 1. The summed E-state index contributed by atoms with van der Waals surface area (Å²) < 4.78 is 5.04. The molecule has 0 saturated carbocycles. The minimum atomic E-state index is 0.240. The van der Waals surface area contributed by atoms with Gasteiger partial charge in [-0.15, -0.1) is 11.3 Å². The second kappa shape index (κ2) is 6.49. The lowest BCUT2D eigenvalue weighted by atomic mass is 10.2. The van der Waals surface area contributed by atoms with E-state index >= 15 is 0 Å². The van der Waals surface area contributed by atoms with Crippen molar-refractivity contribution in [3.63, 3.8) is 0 Å². The molecule has 0 aromatic carbocycles. The van der Waals surface area contributed by atoms with Crippen molar-refractivity contribution in [3.05, 3.63) is 34.3 Å². The summed E-state index contributed by atoms with van der Waals surface area (Å²) in [5, 5.41) is 5.47. The van der Waals surface area contributed by atoms with E-state index < -0.39 is 0 Å². The van der Waals surface area contributed by atoms with Crippen molar-refractivity contribution in [1.29, 1.82) is 0 Å². The quantitative estimate of drug-likeness (QED) is 0.850. The first-order valence-electron chi connectivity index (χ1n) is 6.15. The summed E-state index contributed by atoms with van der Waals surface area (Å²) in [5.41, 5.74) is 5.78. The number of hydrogen-bond acceptors (Lipinski definition) is 6. The van der Waals surface area contributed by atoms with Crippen LogP contribution in [-0.2, 0) is 11.3 Å². The Morgan fingerprint density at radius 1 is 1.47 bits per heavy atom. The maximum Gasteiger partial charge on any atom is 0.158 e. The number of aromatic nitrogens is 2. The summed E-state index contributed by atoms with van der Waals surface area (Å²) in [5.74, 6) is 1.77. The van der Waals surface area contributed by atoms with Crippen LogP contribution in [0, 0.1) is 0 Å². The largest absolute Gasteiger partial charge is 0.384 e. The summed E-state index contributed by atoms with van der Waals surface area (Å²) in [7, 11) is 1.61. The Hall–Kier alpha value is -1.66. The third-order valence-corrected chi connectivity index (χ3v) is 3.67. The molecule has 0 radical (unpaired) electrons. The van der Waals surface area contributed by atoms with Gasteiger partial charge in [-0.2, -0.15) is 0 Å². The minimum Gasteiger partial charge on any atom is -0.384 e. The number of methoxy groups -OCH3 is 1. The second-order valence-electron chi connectivity index (χ2n) is 4.15. The predicted octanol–water partition coefficient (Wildman–Crippen LogP) is 2.83. The number of nitrogens with one attached hydrogen (secondary N) is 1. The number of rotatable bonds is 6. The van der Waals surface area contributed by atoms with Crippen LogP contribution in [0.1, 0.15) is 30.1 Å². The van der Waals surface area contributed by atoms with E-state index in [-0.39, 0.29) is 6.04 Å². The van der Waals surface area contributed by atoms with Gasteiger partial charge in [0.05, 0.1) is 6.04 Å². The maximum absolute atomic E-state index is 5.78. The molecule has 3 N–H and O–H groups in total. The normalized spacial score (nSPS) is 12.3. The molecule has 0 saturated heterocycles. The van der Waals surface area contributed by atoms with E-state index in [9.17, 15) is 0 Å². The third kappa shape index (κ3) is 3.65. The van der Waals surface area contributed by atoms with Gasteiger partial charge in [0.25, 0.3) is 0 Å². The topological polar surface area (TPSA) is 73.1 Å². The number of nitrogens with zero attached hydrogens (tertiary/aromatic N) is 2. The molecule has 0 spiro atoms. The van der Waals surface area contributed by atoms with E-state index in [0.29, 0.717) is 18.2 Å². The van der Waals surface area contributed by atoms with Gasteiger partial charge in [-0.05, 0) is 17.9 Å². The fourth-order valence-electron chi connectivity index (χ4n) is 1.83. The van der Waals surface area contributed by atoms with E-state index in [1.54, 1.807) is 24.5 Å². The van der Waals surface area contributed by atoms with E-state index in [2.05, 4.69) is 39.7 Å². The zero-order valence-corrected chi connectivity index (χ0v) is 11.9. The van der Waals surface area contributed by atoms with Gasteiger partial charge in [0.15, 0.2) is 5.82 Å². The van der Waals surface area contributed by atoms with E-state index in [1.807, 2.05) is 0 Å². The van der Waals surface area contributed by atoms with Crippen molar-refractivity contribution in [2.24, 2.45) is 0 Å². The molecule has 0 fully saturated rings. The summed E-state index contributed by atoms with van der Waals surface area (Å²) in [6, 6.07) is 6.15. The van der Waals surface area contributed by atoms with Crippen molar-refractivity contribution in [1.82, 2.24) is 9.97 Å². The van der Waals surface area contributed by atoms with E-state index in [1.165, 1.54) is 4.88 Å².